The first-order valence-corrected chi connectivity index (χ1v) is 8.04. The Morgan fingerprint density at radius 1 is 1.43 bits per heavy atom. The van der Waals surface area contributed by atoms with E-state index in [0.717, 1.165) is 22.8 Å². The first-order valence-electron chi connectivity index (χ1n) is 7.23. The summed E-state index contributed by atoms with van der Waals surface area (Å²) < 4.78 is 1.85. The number of amides is 1. The van der Waals surface area contributed by atoms with Crippen LogP contribution in [0.2, 0.25) is 0 Å². The molecule has 1 N–H and O–H groups in total. The third-order valence-corrected chi connectivity index (χ3v) is 4.75. The van der Waals surface area contributed by atoms with Crippen LogP contribution >= 0.6 is 11.3 Å². The summed E-state index contributed by atoms with van der Waals surface area (Å²) in [5.41, 5.74) is 2.12. The fraction of sp³-hybridized carbons (Fsp3) is 0.533. The Bertz CT molecular complexity index is 597. The summed E-state index contributed by atoms with van der Waals surface area (Å²) in [6, 6.07) is 1.95. The van der Waals surface area contributed by atoms with Gasteiger partial charge in [-0.2, -0.15) is 5.10 Å². The van der Waals surface area contributed by atoms with Gasteiger partial charge in [-0.05, 0) is 33.3 Å². The van der Waals surface area contributed by atoms with E-state index in [0.29, 0.717) is 13.0 Å². The van der Waals surface area contributed by atoms with Crippen LogP contribution in [0, 0.1) is 20.8 Å². The van der Waals surface area contributed by atoms with Crippen molar-refractivity contribution in [3.05, 3.63) is 33.5 Å². The quantitative estimate of drug-likeness (QED) is 0.892. The minimum atomic E-state index is 0.00798. The van der Waals surface area contributed by atoms with Gasteiger partial charge in [0.25, 0.3) is 0 Å². The number of hydrogen-bond donors (Lipinski definition) is 1. The third kappa shape index (κ3) is 3.91. The van der Waals surface area contributed by atoms with E-state index >= 15 is 0 Å². The SMILES string of the molecule is CCC(NC(=O)CCn1nccc1C)c1nc(C)c(C)s1. The highest BCUT2D eigenvalue weighted by molar-refractivity contribution is 7.11. The highest BCUT2D eigenvalue weighted by Crippen LogP contribution is 2.24. The topological polar surface area (TPSA) is 59.8 Å². The molecule has 0 radical (unpaired) electrons. The standard InChI is InChI=1S/C15H22N4OS/c1-5-13(15-17-11(3)12(4)21-15)18-14(20)7-9-19-10(2)6-8-16-19/h6,8,13H,5,7,9H2,1-4H3,(H,18,20). The lowest BCUT2D eigenvalue weighted by molar-refractivity contribution is -0.122. The van der Waals surface area contributed by atoms with Crippen molar-refractivity contribution >= 4 is 17.2 Å². The zero-order chi connectivity index (χ0) is 15.4. The minimum absolute atomic E-state index is 0.00798. The zero-order valence-electron chi connectivity index (χ0n) is 13.0. The number of hydrogen-bond acceptors (Lipinski definition) is 4. The Morgan fingerprint density at radius 2 is 2.19 bits per heavy atom. The Hall–Kier alpha value is -1.69. The number of aromatic nitrogens is 3. The van der Waals surface area contributed by atoms with E-state index in [1.807, 2.05) is 24.6 Å². The van der Waals surface area contributed by atoms with Gasteiger partial charge in [-0.3, -0.25) is 9.48 Å². The van der Waals surface area contributed by atoms with Crippen LogP contribution in [0.1, 0.15) is 47.1 Å². The van der Waals surface area contributed by atoms with Crippen LogP contribution < -0.4 is 5.32 Å². The van der Waals surface area contributed by atoms with Crippen LogP contribution in [0.3, 0.4) is 0 Å². The molecule has 2 aromatic heterocycles. The first-order chi connectivity index (χ1) is 10.0. The molecule has 5 nitrogen and oxygen atoms in total. The van der Waals surface area contributed by atoms with E-state index in [1.165, 1.54) is 4.88 Å². The van der Waals surface area contributed by atoms with Crippen molar-refractivity contribution in [1.82, 2.24) is 20.1 Å². The van der Waals surface area contributed by atoms with Crippen LogP contribution in [0.15, 0.2) is 12.3 Å². The molecule has 114 valence electrons. The third-order valence-electron chi connectivity index (χ3n) is 3.57. The molecule has 21 heavy (non-hydrogen) atoms. The van der Waals surface area contributed by atoms with Gasteiger partial charge in [0.2, 0.25) is 5.91 Å². The van der Waals surface area contributed by atoms with Gasteiger partial charge in [-0.1, -0.05) is 6.92 Å². The van der Waals surface area contributed by atoms with Crippen LogP contribution in [0.5, 0.6) is 0 Å². The molecule has 1 amide bonds. The molecule has 0 aliphatic heterocycles. The van der Waals surface area contributed by atoms with Crippen LogP contribution in [-0.4, -0.2) is 20.7 Å². The van der Waals surface area contributed by atoms with E-state index < -0.39 is 0 Å². The number of rotatable bonds is 6. The number of nitrogens with one attached hydrogen (secondary N) is 1. The fourth-order valence-corrected chi connectivity index (χ4v) is 3.15. The Labute approximate surface area is 129 Å². The Kier molecular flexibility index (Phi) is 5.12. The molecule has 0 aliphatic rings. The molecule has 0 fully saturated rings. The van der Waals surface area contributed by atoms with Crippen molar-refractivity contribution in [1.29, 1.82) is 0 Å². The molecule has 0 saturated carbocycles. The normalized spacial score (nSPS) is 12.4. The number of thiazole rings is 1. The number of aryl methyl sites for hydroxylation is 4. The van der Waals surface area contributed by atoms with Crippen molar-refractivity contribution in [2.45, 2.75) is 53.1 Å². The predicted octanol–water partition coefficient (Wildman–Crippen LogP) is 2.92. The fourth-order valence-electron chi connectivity index (χ4n) is 2.09. The summed E-state index contributed by atoms with van der Waals surface area (Å²) in [5, 5.41) is 8.26. The van der Waals surface area contributed by atoms with Crippen molar-refractivity contribution in [2.75, 3.05) is 0 Å². The zero-order valence-corrected chi connectivity index (χ0v) is 13.8. The molecule has 2 rings (SSSR count). The van der Waals surface area contributed by atoms with Crippen molar-refractivity contribution in [3.63, 3.8) is 0 Å². The lowest BCUT2D eigenvalue weighted by atomic mass is 10.2. The lowest BCUT2D eigenvalue weighted by Crippen LogP contribution is -2.29. The second kappa shape index (κ2) is 6.85. The number of carbonyl (C=O) groups is 1. The van der Waals surface area contributed by atoms with Crippen LogP contribution in [0.25, 0.3) is 0 Å². The molecular formula is C15H22N4OS. The van der Waals surface area contributed by atoms with Gasteiger partial charge in [-0.15, -0.1) is 11.3 Å². The number of nitrogens with zero attached hydrogens (tertiary/aromatic N) is 3. The minimum Gasteiger partial charge on any atom is -0.347 e. The smallest absolute Gasteiger partial charge is 0.222 e. The van der Waals surface area contributed by atoms with Gasteiger partial charge in [0, 0.05) is 29.7 Å². The Morgan fingerprint density at radius 3 is 2.71 bits per heavy atom. The molecule has 0 bridgehead atoms. The van der Waals surface area contributed by atoms with E-state index in [4.69, 9.17) is 0 Å². The van der Waals surface area contributed by atoms with Gasteiger partial charge in [0.15, 0.2) is 0 Å². The summed E-state index contributed by atoms with van der Waals surface area (Å²) in [7, 11) is 0. The van der Waals surface area contributed by atoms with Gasteiger partial charge in [0.1, 0.15) is 5.01 Å². The predicted molar refractivity (Wildman–Crippen MR) is 84.3 cm³/mol. The van der Waals surface area contributed by atoms with Gasteiger partial charge >= 0.3 is 0 Å². The maximum Gasteiger partial charge on any atom is 0.222 e. The summed E-state index contributed by atoms with van der Waals surface area (Å²) in [5.74, 6) is 0.0438. The van der Waals surface area contributed by atoms with Crippen molar-refractivity contribution in [2.24, 2.45) is 0 Å². The van der Waals surface area contributed by atoms with E-state index in [2.05, 4.69) is 29.2 Å². The maximum atomic E-state index is 12.1. The highest BCUT2D eigenvalue weighted by atomic mass is 32.1. The summed E-state index contributed by atoms with van der Waals surface area (Å²) >= 11 is 1.66. The molecule has 6 heteroatoms. The first kappa shape index (κ1) is 15.7. The second-order valence-corrected chi connectivity index (χ2v) is 6.40. The molecule has 1 atom stereocenters. The Balaban J connectivity index is 1.92. The summed E-state index contributed by atoms with van der Waals surface area (Å²) in [6.45, 7) is 8.72. The van der Waals surface area contributed by atoms with Crippen LogP contribution in [-0.2, 0) is 11.3 Å². The molecule has 1 unspecified atom stereocenters. The van der Waals surface area contributed by atoms with Crippen molar-refractivity contribution in [3.8, 4) is 0 Å². The average molecular weight is 306 g/mol. The van der Waals surface area contributed by atoms with Gasteiger partial charge in [0.05, 0.1) is 11.7 Å². The molecular weight excluding hydrogens is 284 g/mol. The van der Waals surface area contributed by atoms with Gasteiger partial charge < -0.3 is 5.32 Å². The molecule has 2 aromatic rings. The number of carbonyl (C=O) groups excluding carboxylic acids is 1. The molecule has 0 aliphatic carbocycles. The molecule has 0 spiro atoms. The highest BCUT2D eigenvalue weighted by Gasteiger charge is 2.17. The summed E-state index contributed by atoms with van der Waals surface area (Å²) in [6.07, 6.45) is 3.03. The van der Waals surface area contributed by atoms with E-state index in [1.54, 1.807) is 17.5 Å². The maximum absolute atomic E-state index is 12.1. The lowest BCUT2D eigenvalue weighted by Gasteiger charge is -2.14. The molecule has 0 aromatic carbocycles. The summed E-state index contributed by atoms with van der Waals surface area (Å²) in [4.78, 5) is 17.9. The van der Waals surface area contributed by atoms with E-state index in [9.17, 15) is 4.79 Å². The largest absolute Gasteiger partial charge is 0.347 e. The van der Waals surface area contributed by atoms with Gasteiger partial charge in [-0.25, -0.2) is 4.98 Å². The van der Waals surface area contributed by atoms with E-state index in [-0.39, 0.29) is 11.9 Å². The molecule has 2 heterocycles. The monoisotopic (exact) mass is 306 g/mol. The van der Waals surface area contributed by atoms with Crippen molar-refractivity contribution < 1.29 is 4.79 Å². The van der Waals surface area contributed by atoms with Crippen LogP contribution in [0.4, 0.5) is 0 Å². The average Bonchev–Trinajstić information content (AvgIpc) is 3.00. The molecule has 0 saturated heterocycles. The second-order valence-electron chi connectivity index (χ2n) is 5.17.